The van der Waals surface area contributed by atoms with Crippen LogP contribution in [-0.2, 0) is 0 Å². The van der Waals surface area contributed by atoms with E-state index in [9.17, 15) is 19.8 Å². The molecule has 0 saturated heterocycles. The van der Waals surface area contributed by atoms with Gasteiger partial charge in [0.05, 0.1) is 5.56 Å². The maximum absolute atomic E-state index is 12.4. The Bertz CT molecular complexity index is 744. The number of carbonyl (C=O) groups is 2. The molecule has 0 radical (unpaired) electrons. The van der Waals surface area contributed by atoms with Gasteiger partial charge in [0.25, 0.3) is 0 Å². The molecule has 4 heteroatoms. The molecule has 1 aliphatic carbocycles. The molecule has 2 aromatic carbocycles. The van der Waals surface area contributed by atoms with E-state index in [1.165, 1.54) is 0 Å². The first-order valence-corrected chi connectivity index (χ1v) is 5.76. The smallest absolute Gasteiger partial charge is 0.198 e. The van der Waals surface area contributed by atoms with Crippen molar-refractivity contribution in [3.63, 3.8) is 0 Å². The zero-order valence-electron chi connectivity index (χ0n) is 10.1. The molecule has 0 atom stereocenters. The Morgan fingerprint density at radius 2 is 1.37 bits per heavy atom. The van der Waals surface area contributed by atoms with Crippen molar-refractivity contribution >= 4 is 11.6 Å². The molecule has 4 nitrogen and oxygen atoms in total. The second-order valence-electron chi connectivity index (χ2n) is 4.49. The molecule has 0 aliphatic heterocycles. The maximum Gasteiger partial charge on any atom is 0.198 e. The number of carbonyl (C=O) groups excluding carboxylic acids is 2. The van der Waals surface area contributed by atoms with Crippen LogP contribution in [0.1, 0.15) is 37.4 Å². The molecule has 0 aromatic heterocycles. The van der Waals surface area contributed by atoms with E-state index in [-0.39, 0.29) is 34.0 Å². The largest absolute Gasteiger partial charge is 0.508 e. The van der Waals surface area contributed by atoms with E-state index in [0.29, 0.717) is 11.1 Å². The number of phenols is 2. The lowest BCUT2D eigenvalue weighted by molar-refractivity contribution is 0.0975. The zero-order chi connectivity index (χ0) is 13.7. The first-order valence-electron chi connectivity index (χ1n) is 5.76. The van der Waals surface area contributed by atoms with E-state index in [4.69, 9.17) is 0 Å². The Kier molecular flexibility index (Phi) is 2.22. The van der Waals surface area contributed by atoms with Gasteiger partial charge in [0.15, 0.2) is 11.6 Å². The van der Waals surface area contributed by atoms with Gasteiger partial charge in [0.2, 0.25) is 0 Å². The topological polar surface area (TPSA) is 74.6 Å². The third kappa shape index (κ3) is 1.40. The Balaban J connectivity index is 2.43. The monoisotopic (exact) mass is 254 g/mol. The quantitative estimate of drug-likeness (QED) is 0.644. The molecule has 2 aromatic rings. The summed E-state index contributed by atoms with van der Waals surface area (Å²) >= 11 is 0. The van der Waals surface area contributed by atoms with Crippen molar-refractivity contribution in [1.82, 2.24) is 0 Å². The molecule has 0 amide bonds. The number of fused-ring (bicyclic) bond motifs is 2. The van der Waals surface area contributed by atoms with Crippen molar-refractivity contribution < 1.29 is 19.8 Å². The van der Waals surface area contributed by atoms with Crippen LogP contribution in [0.2, 0.25) is 0 Å². The maximum atomic E-state index is 12.4. The molecule has 1 aliphatic rings. The van der Waals surface area contributed by atoms with E-state index in [0.717, 1.165) is 6.07 Å². The Labute approximate surface area is 108 Å². The van der Waals surface area contributed by atoms with Crippen LogP contribution in [0.25, 0.3) is 0 Å². The molecule has 3 rings (SSSR count). The van der Waals surface area contributed by atoms with Crippen molar-refractivity contribution in [2.75, 3.05) is 0 Å². The zero-order valence-corrected chi connectivity index (χ0v) is 10.1. The Morgan fingerprint density at radius 1 is 0.842 bits per heavy atom. The van der Waals surface area contributed by atoms with Crippen molar-refractivity contribution in [1.29, 1.82) is 0 Å². The minimum Gasteiger partial charge on any atom is -0.508 e. The second kappa shape index (κ2) is 3.68. The van der Waals surface area contributed by atoms with Gasteiger partial charge in [-0.2, -0.15) is 0 Å². The van der Waals surface area contributed by atoms with Crippen LogP contribution in [0.15, 0.2) is 30.3 Å². The van der Waals surface area contributed by atoms with Crippen LogP contribution >= 0.6 is 0 Å². The molecular formula is C15H10O4. The summed E-state index contributed by atoms with van der Waals surface area (Å²) in [6, 6.07) is 7.55. The molecule has 0 bridgehead atoms. The minimum atomic E-state index is -0.397. The number of benzene rings is 2. The summed E-state index contributed by atoms with van der Waals surface area (Å²) in [6.45, 7) is 1.55. The van der Waals surface area contributed by atoms with Gasteiger partial charge in [-0.05, 0) is 6.92 Å². The summed E-state index contributed by atoms with van der Waals surface area (Å²) in [5.74, 6) is -1.32. The lowest BCUT2D eigenvalue weighted by Crippen LogP contribution is -2.22. The van der Waals surface area contributed by atoms with Crippen molar-refractivity contribution in [3.8, 4) is 11.5 Å². The van der Waals surface area contributed by atoms with Gasteiger partial charge in [-0.1, -0.05) is 24.3 Å². The first kappa shape index (κ1) is 11.5. The third-order valence-electron chi connectivity index (χ3n) is 3.41. The molecule has 0 unspecified atom stereocenters. The van der Waals surface area contributed by atoms with Crippen molar-refractivity contribution in [3.05, 3.63) is 58.1 Å². The number of hydrogen-bond acceptors (Lipinski definition) is 4. The number of phenolic OH excluding ortho intramolecular Hbond substituents is 2. The van der Waals surface area contributed by atoms with E-state index >= 15 is 0 Å². The summed E-state index contributed by atoms with van der Waals surface area (Å²) in [6.07, 6.45) is 0. The number of hydrogen-bond donors (Lipinski definition) is 2. The molecule has 0 spiro atoms. The van der Waals surface area contributed by atoms with Crippen LogP contribution < -0.4 is 0 Å². The standard InChI is InChI=1S/C15H10O4/c1-7-10(16)6-11(17)13-12(7)14(18)8-4-2-3-5-9(8)15(13)19/h2-6,16-17H,1H3. The summed E-state index contributed by atoms with van der Waals surface area (Å²) < 4.78 is 0. The summed E-state index contributed by atoms with van der Waals surface area (Å²) in [5, 5.41) is 19.5. The van der Waals surface area contributed by atoms with Gasteiger partial charge >= 0.3 is 0 Å². The fourth-order valence-electron chi connectivity index (χ4n) is 2.42. The molecule has 2 N–H and O–H groups in total. The van der Waals surface area contributed by atoms with Gasteiger partial charge in [0, 0.05) is 28.3 Å². The summed E-state index contributed by atoms with van der Waals surface area (Å²) in [4.78, 5) is 24.7. The minimum absolute atomic E-state index is 0.0287. The van der Waals surface area contributed by atoms with Gasteiger partial charge in [-0.3, -0.25) is 9.59 Å². The van der Waals surface area contributed by atoms with Crippen molar-refractivity contribution in [2.45, 2.75) is 6.92 Å². The molecule has 0 saturated carbocycles. The Hall–Kier alpha value is -2.62. The van der Waals surface area contributed by atoms with Gasteiger partial charge < -0.3 is 10.2 Å². The van der Waals surface area contributed by atoms with E-state index in [2.05, 4.69) is 0 Å². The normalized spacial score (nSPS) is 13.1. The van der Waals surface area contributed by atoms with E-state index < -0.39 is 5.78 Å². The average molecular weight is 254 g/mol. The van der Waals surface area contributed by atoms with E-state index in [1.807, 2.05) is 0 Å². The fourth-order valence-corrected chi connectivity index (χ4v) is 2.42. The highest BCUT2D eigenvalue weighted by molar-refractivity contribution is 6.29. The first-order chi connectivity index (χ1) is 9.02. The average Bonchev–Trinajstić information content (AvgIpc) is 2.40. The highest BCUT2D eigenvalue weighted by atomic mass is 16.3. The molecular weight excluding hydrogens is 244 g/mol. The molecule has 94 valence electrons. The molecule has 0 heterocycles. The van der Waals surface area contributed by atoms with Crippen molar-refractivity contribution in [2.24, 2.45) is 0 Å². The molecule has 0 fully saturated rings. The predicted molar refractivity (Wildman–Crippen MR) is 67.8 cm³/mol. The van der Waals surface area contributed by atoms with Gasteiger partial charge in [-0.25, -0.2) is 0 Å². The summed E-state index contributed by atoms with van der Waals surface area (Å²) in [5.41, 5.74) is 0.939. The van der Waals surface area contributed by atoms with Crippen LogP contribution in [-0.4, -0.2) is 21.8 Å². The highest BCUT2D eigenvalue weighted by Gasteiger charge is 2.34. The number of aromatic hydroxyl groups is 2. The van der Waals surface area contributed by atoms with E-state index in [1.54, 1.807) is 31.2 Å². The highest BCUT2D eigenvalue weighted by Crippen LogP contribution is 2.38. The lowest BCUT2D eigenvalue weighted by Gasteiger charge is -2.20. The van der Waals surface area contributed by atoms with Crippen LogP contribution in [0.5, 0.6) is 11.5 Å². The predicted octanol–water partition coefficient (Wildman–Crippen LogP) is 2.18. The van der Waals surface area contributed by atoms with Gasteiger partial charge in [0.1, 0.15) is 11.5 Å². The van der Waals surface area contributed by atoms with Gasteiger partial charge in [-0.15, -0.1) is 0 Å². The molecule has 19 heavy (non-hydrogen) atoms. The fraction of sp³-hybridized carbons (Fsp3) is 0.0667. The third-order valence-corrected chi connectivity index (χ3v) is 3.41. The van der Waals surface area contributed by atoms with Crippen LogP contribution in [0.3, 0.4) is 0 Å². The summed E-state index contributed by atoms with van der Waals surface area (Å²) in [7, 11) is 0. The Morgan fingerprint density at radius 3 is 1.95 bits per heavy atom. The SMILES string of the molecule is Cc1c(O)cc(O)c2c1C(=O)c1ccccc1C2=O. The van der Waals surface area contributed by atoms with Crippen LogP contribution in [0, 0.1) is 6.92 Å². The number of rotatable bonds is 0. The lowest BCUT2D eigenvalue weighted by atomic mass is 9.81. The number of ketones is 2. The van der Waals surface area contributed by atoms with Crippen LogP contribution in [0.4, 0.5) is 0 Å². The second-order valence-corrected chi connectivity index (χ2v) is 4.49.